The third-order valence-corrected chi connectivity index (χ3v) is 4.97. The highest BCUT2D eigenvalue weighted by Gasteiger charge is 1.97. The minimum absolute atomic E-state index is 0.195. The minimum Gasteiger partial charge on any atom is -0.207 e. The molecule has 0 atom stereocenters. The van der Waals surface area contributed by atoms with E-state index in [9.17, 15) is 4.39 Å². The summed E-state index contributed by atoms with van der Waals surface area (Å²) < 4.78 is 13.9. The molecule has 2 heterocycles. The highest BCUT2D eigenvalue weighted by Crippen LogP contribution is 2.23. The Morgan fingerprint density at radius 2 is 1.63 bits per heavy atom. The first kappa shape index (κ1) is 14.3. The fraction of sp³-hybridized carbons (Fsp3) is 0.0667. The first-order valence-electron chi connectivity index (χ1n) is 5.51. The average Bonchev–Trinajstić information content (AvgIpc) is 3.14. The number of halogens is 1. The van der Waals surface area contributed by atoms with Crippen molar-refractivity contribution in [1.29, 1.82) is 0 Å². The molecule has 2 radical (unpaired) electrons. The molecule has 0 saturated heterocycles. The van der Waals surface area contributed by atoms with E-state index < -0.39 is 0 Å². The molecule has 0 aliphatic carbocycles. The van der Waals surface area contributed by atoms with Gasteiger partial charge in [0.15, 0.2) is 0 Å². The maximum absolute atomic E-state index is 12.5. The molecule has 0 bridgehead atoms. The van der Waals surface area contributed by atoms with E-state index in [4.69, 9.17) is 0 Å². The molecule has 0 spiro atoms. The Bertz CT molecular complexity index is 568. The lowest BCUT2D eigenvalue weighted by molar-refractivity contribution is 0.628. The Labute approximate surface area is 124 Å². The van der Waals surface area contributed by atoms with Gasteiger partial charge in [0.1, 0.15) is 5.82 Å². The topological polar surface area (TPSA) is 0 Å². The van der Waals surface area contributed by atoms with Crippen molar-refractivity contribution >= 4 is 34.4 Å². The molecule has 3 aromatic rings. The van der Waals surface area contributed by atoms with Crippen molar-refractivity contribution in [2.45, 2.75) is 4.21 Å². The first-order chi connectivity index (χ1) is 9.29. The minimum atomic E-state index is -0.195. The van der Waals surface area contributed by atoms with Crippen LogP contribution in [0.4, 0.5) is 4.39 Å². The van der Waals surface area contributed by atoms with Crippen LogP contribution < -0.4 is 0 Å². The van der Waals surface area contributed by atoms with Crippen LogP contribution in [0, 0.1) is 16.6 Å². The van der Waals surface area contributed by atoms with Gasteiger partial charge in [-0.2, -0.15) is 0 Å². The van der Waals surface area contributed by atoms with Crippen LogP contribution in [0.2, 0.25) is 0 Å². The van der Waals surface area contributed by atoms with Crippen LogP contribution in [0.25, 0.3) is 10.4 Å². The van der Waals surface area contributed by atoms with E-state index in [-0.39, 0.29) is 5.82 Å². The van der Waals surface area contributed by atoms with Crippen molar-refractivity contribution in [2.24, 2.45) is 0 Å². The summed E-state index contributed by atoms with van der Waals surface area (Å²) in [6, 6.07) is 14.3. The summed E-state index contributed by atoms with van der Waals surface area (Å²) in [5.74, 6) is -0.195. The molecule has 0 fully saturated rings. The Morgan fingerprint density at radius 3 is 2.11 bits per heavy atom. The van der Waals surface area contributed by atoms with E-state index in [1.54, 1.807) is 35.2 Å². The third-order valence-electron chi connectivity index (χ3n) is 2.25. The van der Waals surface area contributed by atoms with E-state index >= 15 is 0 Å². The Balaban J connectivity index is 0.000000163. The molecule has 3 rings (SSSR count). The molecule has 0 nitrogen and oxygen atoms in total. The monoisotopic (exact) mass is 306 g/mol. The Kier molecular flexibility index (Phi) is 5.63. The maximum atomic E-state index is 12.5. The standard InChI is InChI=1S/C10H6FS.C5H5S2/c11-9-5-3-8(4-6-9)10-2-1-7-12-10;1-6-5-3-2-4-7-5/h1-6H;2-3H,1H3. The largest absolute Gasteiger partial charge is 0.207 e. The van der Waals surface area contributed by atoms with Crippen LogP contribution in [0.15, 0.2) is 52.7 Å². The van der Waals surface area contributed by atoms with E-state index in [0.717, 1.165) is 10.4 Å². The molecule has 0 saturated carbocycles. The van der Waals surface area contributed by atoms with Crippen molar-refractivity contribution in [3.05, 3.63) is 65.1 Å². The van der Waals surface area contributed by atoms with Crippen LogP contribution >= 0.6 is 34.4 Å². The molecule has 0 N–H and O–H groups in total. The number of hydrogen-bond donors (Lipinski definition) is 0. The molecule has 0 unspecified atom stereocenters. The Morgan fingerprint density at radius 1 is 0.947 bits per heavy atom. The third kappa shape index (κ3) is 4.49. The lowest BCUT2D eigenvalue weighted by Gasteiger charge is -1.94. The molecule has 0 aliphatic rings. The van der Waals surface area contributed by atoms with Crippen molar-refractivity contribution in [1.82, 2.24) is 0 Å². The van der Waals surface area contributed by atoms with Gasteiger partial charge in [0.25, 0.3) is 0 Å². The van der Waals surface area contributed by atoms with Crippen LogP contribution in [-0.4, -0.2) is 6.26 Å². The van der Waals surface area contributed by atoms with Gasteiger partial charge in [0.2, 0.25) is 0 Å². The molecule has 4 heteroatoms. The van der Waals surface area contributed by atoms with E-state index in [2.05, 4.69) is 23.1 Å². The van der Waals surface area contributed by atoms with Gasteiger partial charge in [-0.25, -0.2) is 4.39 Å². The summed E-state index contributed by atoms with van der Waals surface area (Å²) in [7, 11) is 0. The maximum Gasteiger partial charge on any atom is 0.123 e. The number of hydrogen-bond acceptors (Lipinski definition) is 3. The van der Waals surface area contributed by atoms with Gasteiger partial charge < -0.3 is 0 Å². The molecule has 1 aromatic carbocycles. The van der Waals surface area contributed by atoms with E-state index in [1.165, 1.54) is 27.7 Å². The van der Waals surface area contributed by atoms with Gasteiger partial charge in [-0.15, -0.1) is 34.4 Å². The summed E-state index contributed by atoms with van der Waals surface area (Å²) >= 11 is 4.96. The smallest absolute Gasteiger partial charge is 0.123 e. The summed E-state index contributed by atoms with van der Waals surface area (Å²) in [5.41, 5.74) is 1.04. The Hall–Kier alpha value is -1.10. The molecular formula is C15H11FS3. The quantitative estimate of drug-likeness (QED) is 0.553. The highest BCUT2D eigenvalue weighted by molar-refractivity contribution is 8.00. The average molecular weight is 306 g/mol. The lowest BCUT2D eigenvalue weighted by atomic mass is 10.2. The second kappa shape index (κ2) is 7.48. The zero-order valence-corrected chi connectivity index (χ0v) is 12.7. The molecule has 2 aromatic heterocycles. The van der Waals surface area contributed by atoms with Crippen LogP contribution in [0.1, 0.15) is 0 Å². The van der Waals surface area contributed by atoms with Crippen molar-refractivity contribution in [3.63, 3.8) is 0 Å². The lowest BCUT2D eigenvalue weighted by Crippen LogP contribution is -1.73. The van der Waals surface area contributed by atoms with Crippen LogP contribution in [0.3, 0.4) is 0 Å². The predicted molar refractivity (Wildman–Crippen MR) is 83.5 cm³/mol. The predicted octanol–water partition coefficient (Wildman–Crippen LogP) is 5.62. The second-order valence-electron chi connectivity index (χ2n) is 3.50. The fourth-order valence-corrected chi connectivity index (χ4v) is 3.07. The zero-order valence-electron chi connectivity index (χ0n) is 10.2. The van der Waals surface area contributed by atoms with E-state index in [0.29, 0.717) is 0 Å². The van der Waals surface area contributed by atoms with Gasteiger partial charge in [-0.3, -0.25) is 0 Å². The molecule has 96 valence electrons. The molecule has 19 heavy (non-hydrogen) atoms. The van der Waals surface area contributed by atoms with Crippen molar-refractivity contribution in [3.8, 4) is 10.4 Å². The molecule has 0 amide bonds. The SMILES string of the molecule is CSc1cc[c]s1.Fc1ccc(-c2cc[c]s2)cc1. The molecule has 0 aliphatic heterocycles. The van der Waals surface area contributed by atoms with Crippen LogP contribution in [-0.2, 0) is 0 Å². The summed E-state index contributed by atoms with van der Waals surface area (Å²) in [6.07, 6.45) is 2.07. The van der Waals surface area contributed by atoms with Gasteiger partial charge >= 0.3 is 0 Å². The summed E-state index contributed by atoms with van der Waals surface area (Å²) in [5, 5.41) is 5.99. The number of thioether (sulfide) groups is 1. The number of thiophene rings is 2. The number of rotatable bonds is 2. The van der Waals surface area contributed by atoms with Crippen molar-refractivity contribution in [2.75, 3.05) is 6.26 Å². The summed E-state index contributed by atoms with van der Waals surface area (Å²) in [6.45, 7) is 0. The van der Waals surface area contributed by atoms with Gasteiger partial charge in [0, 0.05) is 15.6 Å². The highest BCUT2D eigenvalue weighted by atomic mass is 32.2. The normalized spacial score (nSPS) is 9.79. The van der Waals surface area contributed by atoms with Crippen molar-refractivity contribution < 1.29 is 4.39 Å². The van der Waals surface area contributed by atoms with Gasteiger partial charge in [-0.1, -0.05) is 12.1 Å². The summed E-state index contributed by atoms with van der Waals surface area (Å²) in [4.78, 5) is 1.12. The van der Waals surface area contributed by atoms with Crippen LogP contribution in [0.5, 0.6) is 0 Å². The molecular weight excluding hydrogens is 295 g/mol. The zero-order chi connectivity index (χ0) is 13.5. The first-order valence-corrected chi connectivity index (χ1v) is 8.37. The fourth-order valence-electron chi connectivity index (χ4n) is 1.35. The second-order valence-corrected chi connectivity index (χ2v) is 6.37. The van der Waals surface area contributed by atoms with Gasteiger partial charge in [0.05, 0.1) is 4.21 Å². The van der Waals surface area contributed by atoms with E-state index in [1.807, 2.05) is 18.2 Å². The number of benzene rings is 1. The van der Waals surface area contributed by atoms with Gasteiger partial charge in [-0.05, 0) is 48.2 Å².